The van der Waals surface area contributed by atoms with E-state index in [0.29, 0.717) is 10.9 Å². The maximum atomic E-state index is 12.5. The van der Waals surface area contributed by atoms with E-state index in [-0.39, 0.29) is 23.2 Å². The number of hydrogen-bond acceptors (Lipinski definition) is 5. The van der Waals surface area contributed by atoms with Gasteiger partial charge in [-0.25, -0.2) is 0 Å². The molecule has 7 heteroatoms. The third-order valence-corrected chi connectivity index (χ3v) is 4.63. The van der Waals surface area contributed by atoms with Crippen molar-refractivity contribution in [3.8, 4) is 11.5 Å². The van der Waals surface area contributed by atoms with Gasteiger partial charge in [0.1, 0.15) is 6.10 Å². The molecule has 3 atom stereocenters. The Morgan fingerprint density at radius 1 is 1.30 bits per heavy atom. The Hall–Kier alpha value is -1.31. The van der Waals surface area contributed by atoms with Crippen molar-refractivity contribution in [2.24, 2.45) is 0 Å². The van der Waals surface area contributed by atoms with E-state index in [1.54, 1.807) is 13.2 Å². The second kappa shape index (κ2) is 7.99. The number of halogens is 1. The molecule has 0 bridgehead atoms. The SMILES string of the molecule is COc1cc(Br)cc(C(=O)N[C@@H]2CCCC[C@@H](OC)[C@@H]2O)c1O. The topological polar surface area (TPSA) is 88.0 Å². The molecule has 1 saturated carbocycles. The molecule has 0 unspecified atom stereocenters. The monoisotopic (exact) mass is 387 g/mol. The first-order valence-electron chi connectivity index (χ1n) is 7.56. The normalized spacial score (nSPS) is 24.8. The van der Waals surface area contributed by atoms with E-state index >= 15 is 0 Å². The summed E-state index contributed by atoms with van der Waals surface area (Å²) < 4.78 is 11.0. The highest BCUT2D eigenvalue weighted by atomic mass is 79.9. The summed E-state index contributed by atoms with van der Waals surface area (Å²) in [6.07, 6.45) is 2.20. The van der Waals surface area contributed by atoms with E-state index in [9.17, 15) is 15.0 Å². The molecule has 1 fully saturated rings. The summed E-state index contributed by atoms with van der Waals surface area (Å²) in [5.74, 6) is -0.469. The Bertz CT molecular complexity index is 566. The molecule has 0 saturated heterocycles. The van der Waals surface area contributed by atoms with Crippen LogP contribution in [0.3, 0.4) is 0 Å². The molecule has 0 spiro atoms. The van der Waals surface area contributed by atoms with Crippen LogP contribution < -0.4 is 10.1 Å². The van der Waals surface area contributed by atoms with E-state index in [1.165, 1.54) is 13.2 Å². The van der Waals surface area contributed by atoms with Crippen LogP contribution in [0.5, 0.6) is 11.5 Å². The van der Waals surface area contributed by atoms with Gasteiger partial charge in [0.05, 0.1) is 24.8 Å². The number of phenolic OH excluding ortho intramolecular Hbond substituents is 1. The number of aromatic hydroxyl groups is 1. The van der Waals surface area contributed by atoms with Crippen LogP contribution in [0.4, 0.5) is 0 Å². The van der Waals surface area contributed by atoms with Gasteiger partial charge in [-0.3, -0.25) is 4.79 Å². The Morgan fingerprint density at radius 3 is 2.65 bits per heavy atom. The summed E-state index contributed by atoms with van der Waals surface area (Å²) in [5, 5.41) is 23.3. The lowest BCUT2D eigenvalue weighted by Gasteiger charge is -2.27. The number of benzene rings is 1. The molecule has 0 aromatic heterocycles. The molecular weight excluding hydrogens is 366 g/mol. The van der Waals surface area contributed by atoms with E-state index in [4.69, 9.17) is 9.47 Å². The zero-order valence-corrected chi connectivity index (χ0v) is 14.8. The highest BCUT2D eigenvalue weighted by Crippen LogP contribution is 2.33. The fraction of sp³-hybridized carbons (Fsp3) is 0.562. The van der Waals surface area contributed by atoms with Gasteiger partial charge in [-0.2, -0.15) is 0 Å². The molecule has 1 amide bonds. The second-order valence-corrected chi connectivity index (χ2v) is 6.55. The molecule has 6 nitrogen and oxygen atoms in total. The van der Waals surface area contributed by atoms with Crippen molar-refractivity contribution in [2.45, 2.75) is 43.9 Å². The predicted octanol–water partition coefficient (Wildman–Crippen LogP) is 2.21. The molecule has 1 aliphatic carbocycles. The Balaban J connectivity index is 2.19. The van der Waals surface area contributed by atoms with Crippen LogP contribution in [0.25, 0.3) is 0 Å². The number of aliphatic hydroxyl groups excluding tert-OH is 1. The minimum Gasteiger partial charge on any atom is -0.504 e. The molecule has 2 rings (SSSR count). The minimum absolute atomic E-state index is 0.0987. The Labute approximate surface area is 143 Å². The zero-order chi connectivity index (χ0) is 17.0. The van der Waals surface area contributed by atoms with Crippen LogP contribution in [-0.2, 0) is 4.74 Å². The quantitative estimate of drug-likeness (QED) is 0.689. The van der Waals surface area contributed by atoms with Crippen LogP contribution in [-0.4, -0.2) is 48.6 Å². The molecule has 1 aromatic carbocycles. The number of hydrogen-bond donors (Lipinski definition) is 3. The number of carbonyl (C=O) groups is 1. The van der Waals surface area contributed by atoms with Crippen LogP contribution in [0, 0.1) is 0 Å². The number of nitrogens with one attached hydrogen (secondary N) is 1. The van der Waals surface area contributed by atoms with Gasteiger partial charge in [0.15, 0.2) is 11.5 Å². The van der Waals surface area contributed by atoms with Crippen molar-refractivity contribution in [3.05, 3.63) is 22.2 Å². The number of rotatable bonds is 4. The lowest BCUT2D eigenvalue weighted by molar-refractivity contribution is -0.0277. The van der Waals surface area contributed by atoms with Gasteiger partial charge in [-0.1, -0.05) is 28.8 Å². The van der Waals surface area contributed by atoms with Gasteiger partial charge in [0.2, 0.25) is 0 Å². The van der Waals surface area contributed by atoms with Crippen molar-refractivity contribution >= 4 is 21.8 Å². The van der Waals surface area contributed by atoms with Gasteiger partial charge in [-0.05, 0) is 25.0 Å². The maximum Gasteiger partial charge on any atom is 0.255 e. The lowest BCUT2D eigenvalue weighted by Crippen LogP contribution is -2.48. The molecule has 0 aliphatic heterocycles. The Kier molecular flexibility index (Phi) is 6.26. The van der Waals surface area contributed by atoms with Crippen molar-refractivity contribution in [1.82, 2.24) is 5.32 Å². The summed E-state index contributed by atoms with van der Waals surface area (Å²) >= 11 is 3.29. The summed E-state index contributed by atoms with van der Waals surface area (Å²) in [6, 6.07) is 2.68. The zero-order valence-electron chi connectivity index (χ0n) is 13.2. The molecule has 1 aromatic rings. The molecular formula is C16H22BrNO5. The second-order valence-electron chi connectivity index (χ2n) is 5.63. The average molecular weight is 388 g/mol. The summed E-state index contributed by atoms with van der Waals surface area (Å²) in [6.45, 7) is 0. The number of amides is 1. The Morgan fingerprint density at radius 2 is 2.00 bits per heavy atom. The average Bonchev–Trinajstić information content (AvgIpc) is 2.71. The first-order chi connectivity index (χ1) is 11.0. The van der Waals surface area contributed by atoms with E-state index in [1.807, 2.05) is 0 Å². The van der Waals surface area contributed by atoms with E-state index in [2.05, 4.69) is 21.2 Å². The van der Waals surface area contributed by atoms with Crippen molar-refractivity contribution in [2.75, 3.05) is 14.2 Å². The van der Waals surface area contributed by atoms with Gasteiger partial charge < -0.3 is 25.0 Å². The fourth-order valence-corrected chi connectivity index (χ4v) is 3.31. The van der Waals surface area contributed by atoms with Crippen molar-refractivity contribution in [1.29, 1.82) is 0 Å². The molecule has 3 N–H and O–H groups in total. The smallest absolute Gasteiger partial charge is 0.255 e. The fourth-order valence-electron chi connectivity index (χ4n) is 2.87. The molecule has 0 radical (unpaired) electrons. The van der Waals surface area contributed by atoms with Crippen LogP contribution in [0.2, 0.25) is 0 Å². The highest BCUT2D eigenvalue weighted by molar-refractivity contribution is 9.10. The van der Waals surface area contributed by atoms with Gasteiger partial charge in [0.25, 0.3) is 5.91 Å². The third-order valence-electron chi connectivity index (χ3n) is 4.17. The van der Waals surface area contributed by atoms with Crippen molar-refractivity contribution in [3.63, 3.8) is 0 Å². The molecule has 0 heterocycles. The molecule has 23 heavy (non-hydrogen) atoms. The standard InChI is InChI=1S/C16H22BrNO5/c1-22-12-6-4-3-5-11(15(12)20)18-16(21)10-7-9(17)8-13(23-2)14(10)19/h7-8,11-12,15,19-20H,3-6H2,1-2H3,(H,18,21)/t11-,12-,15-/m1/s1. The highest BCUT2D eigenvalue weighted by Gasteiger charge is 2.32. The summed E-state index contributed by atoms with van der Waals surface area (Å²) in [7, 11) is 2.98. The number of carbonyl (C=O) groups excluding carboxylic acids is 1. The summed E-state index contributed by atoms with van der Waals surface area (Å²) in [4.78, 5) is 12.5. The number of methoxy groups -OCH3 is 2. The van der Waals surface area contributed by atoms with Gasteiger partial charge in [0, 0.05) is 11.6 Å². The number of aliphatic hydroxyl groups is 1. The number of ether oxygens (including phenoxy) is 2. The molecule has 128 valence electrons. The first kappa shape index (κ1) is 18.0. The third kappa shape index (κ3) is 4.16. The van der Waals surface area contributed by atoms with Crippen LogP contribution >= 0.6 is 15.9 Å². The summed E-state index contributed by atoms with van der Waals surface area (Å²) in [5.41, 5.74) is 0.0987. The predicted molar refractivity (Wildman–Crippen MR) is 88.9 cm³/mol. The minimum atomic E-state index is -0.775. The van der Waals surface area contributed by atoms with E-state index in [0.717, 1.165) is 19.3 Å². The van der Waals surface area contributed by atoms with Crippen molar-refractivity contribution < 1.29 is 24.5 Å². The van der Waals surface area contributed by atoms with Gasteiger partial charge in [-0.15, -0.1) is 0 Å². The number of phenols is 1. The van der Waals surface area contributed by atoms with Crippen LogP contribution in [0.15, 0.2) is 16.6 Å². The van der Waals surface area contributed by atoms with E-state index < -0.39 is 18.1 Å². The largest absolute Gasteiger partial charge is 0.504 e. The van der Waals surface area contributed by atoms with Gasteiger partial charge >= 0.3 is 0 Å². The lowest BCUT2D eigenvalue weighted by atomic mass is 10.0. The van der Waals surface area contributed by atoms with Crippen LogP contribution in [0.1, 0.15) is 36.0 Å². The first-order valence-corrected chi connectivity index (χ1v) is 8.35. The molecule has 1 aliphatic rings. The maximum absolute atomic E-state index is 12.5.